The van der Waals surface area contributed by atoms with Crippen LogP contribution in [0.5, 0.6) is 0 Å². The quantitative estimate of drug-likeness (QED) is 0.742. The van der Waals surface area contributed by atoms with Crippen molar-refractivity contribution in [3.05, 3.63) is 32.8 Å². The summed E-state index contributed by atoms with van der Waals surface area (Å²) in [6.45, 7) is 1.97. The molecule has 12 heavy (non-hydrogen) atoms. The molecular formula is C9H7BrClN. The molecule has 0 amide bonds. The second-order valence-electron chi connectivity index (χ2n) is 2.49. The van der Waals surface area contributed by atoms with E-state index in [0.29, 0.717) is 11.4 Å². The molecule has 0 unspecified atom stereocenters. The number of nitriles is 1. The van der Waals surface area contributed by atoms with E-state index < -0.39 is 0 Å². The van der Waals surface area contributed by atoms with Crippen LogP contribution in [-0.2, 0) is 6.42 Å². The fraction of sp³-hybridized carbons (Fsp3) is 0.222. The SMILES string of the molecule is Cc1ccc(Cl)c(CC#N)c1Br. The van der Waals surface area contributed by atoms with Crippen molar-refractivity contribution >= 4 is 27.5 Å². The topological polar surface area (TPSA) is 23.8 Å². The minimum atomic E-state index is 0.348. The number of rotatable bonds is 1. The van der Waals surface area contributed by atoms with Crippen LogP contribution in [0.25, 0.3) is 0 Å². The van der Waals surface area contributed by atoms with E-state index in [0.717, 1.165) is 15.6 Å². The molecule has 1 aromatic rings. The maximum Gasteiger partial charge on any atom is 0.0670 e. The van der Waals surface area contributed by atoms with Gasteiger partial charge in [-0.3, -0.25) is 0 Å². The van der Waals surface area contributed by atoms with Gasteiger partial charge in [-0.2, -0.15) is 5.26 Å². The molecule has 1 aromatic carbocycles. The molecule has 0 aliphatic rings. The Morgan fingerprint density at radius 1 is 1.58 bits per heavy atom. The number of benzene rings is 1. The molecule has 0 atom stereocenters. The lowest BCUT2D eigenvalue weighted by Crippen LogP contribution is -1.88. The molecule has 0 saturated carbocycles. The number of hydrogen-bond donors (Lipinski definition) is 0. The van der Waals surface area contributed by atoms with Crippen molar-refractivity contribution in [3.8, 4) is 6.07 Å². The van der Waals surface area contributed by atoms with Crippen molar-refractivity contribution in [2.24, 2.45) is 0 Å². The maximum absolute atomic E-state index is 8.53. The summed E-state index contributed by atoms with van der Waals surface area (Å²) in [5.74, 6) is 0. The predicted molar refractivity (Wildman–Crippen MR) is 53.2 cm³/mol. The highest BCUT2D eigenvalue weighted by atomic mass is 79.9. The highest BCUT2D eigenvalue weighted by molar-refractivity contribution is 9.10. The molecule has 62 valence electrons. The molecule has 0 spiro atoms. The van der Waals surface area contributed by atoms with Crippen LogP contribution in [-0.4, -0.2) is 0 Å². The zero-order chi connectivity index (χ0) is 9.14. The summed E-state index contributed by atoms with van der Waals surface area (Å²) in [5.41, 5.74) is 1.98. The van der Waals surface area contributed by atoms with Gasteiger partial charge in [0.2, 0.25) is 0 Å². The molecule has 0 aromatic heterocycles. The highest BCUT2D eigenvalue weighted by Crippen LogP contribution is 2.28. The van der Waals surface area contributed by atoms with Crippen molar-refractivity contribution in [2.45, 2.75) is 13.3 Å². The number of nitrogens with zero attached hydrogens (tertiary/aromatic N) is 1. The van der Waals surface area contributed by atoms with Gasteiger partial charge >= 0.3 is 0 Å². The Morgan fingerprint density at radius 3 is 2.83 bits per heavy atom. The summed E-state index contributed by atoms with van der Waals surface area (Å²) in [5, 5.41) is 9.18. The molecule has 0 heterocycles. The van der Waals surface area contributed by atoms with Crippen LogP contribution in [0, 0.1) is 18.3 Å². The van der Waals surface area contributed by atoms with E-state index in [4.69, 9.17) is 16.9 Å². The molecule has 0 N–H and O–H groups in total. The van der Waals surface area contributed by atoms with Gasteiger partial charge < -0.3 is 0 Å². The largest absolute Gasteiger partial charge is 0.198 e. The third-order valence-corrected chi connectivity index (χ3v) is 3.09. The molecule has 0 bridgehead atoms. The van der Waals surface area contributed by atoms with E-state index >= 15 is 0 Å². The fourth-order valence-electron chi connectivity index (χ4n) is 0.956. The van der Waals surface area contributed by atoms with Crippen molar-refractivity contribution in [1.29, 1.82) is 5.26 Å². The Balaban J connectivity index is 3.25. The molecule has 3 heteroatoms. The lowest BCUT2D eigenvalue weighted by molar-refractivity contribution is 1.22. The molecule has 0 aliphatic heterocycles. The first-order valence-corrected chi connectivity index (χ1v) is 4.64. The summed E-state index contributed by atoms with van der Waals surface area (Å²) in [4.78, 5) is 0. The predicted octanol–water partition coefficient (Wildman–Crippen LogP) is 3.48. The van der Waals surface area contributed by atoms with Crippen LogP contribution in [0.2, 0.25) is 5.02 Å². The second-order valence-corrected chi connectivity index (χ2v) is 3.69. The monoisotopic (exact) mass is 243 g/mol. The average molecular weight is 245 g/mol. The van der Waals surface area contributed by atoms with Crippen molar-refractivity contribution in [2.75, 3.05) is 0 Å². The molecule has 1 rings (SSSR count). The van der Waals surface area contributed by atoms with E-state index in [-0.39, 0.29) is 0 Å². The van der Waals surface area contributed by atoms with Crippen LogP contribution < -0.4 is 0 Å². The third kappa shape index (κ3) is 1.80. The van der Waals surface area contributed by atoms with E-state index in [1.54, 1.807) is 0 Å². The van der Waals surface area contributed by atoms with Crippen LogP contribution in [0.4, 0.5) is 0 Å². The summed E-state index contributed by atoms with van der Waals surface area (Å²) >= 11 is 9.30. The number of aryl methyl sites for hydroxylation is 1. The van der Waals surface area contributed by atoms with E-state index in [9.17, 15) is 0 Å². The van der Waals surface area contributed by atoms with Crippen LogP contribution in [0.3, 0.4) is 0 Å². The van der Waals surface area contributed by atoms with Crippen molar-refractivity contribution in [3.63, 3.8) is 0 Å². The Labute approximate surface area is 85.1 Å². The summed E-state index contributed by atoms with van der Waals surface area (Å²) in [7, 11) is 0. The Bertz CT molecular complexity index is 341. The van der Waals surface area contributed by atoms with Gasteiger partial charge in [0, 0.05) is 9.50 Å². The zero-order valence-electron chi connectivity index (χ0n) is 6.56. The van der Waals surface area contributed by atoms with Crippen molar-refractivity contribution in [1.82, 2.24) is 0 Å². The third-order valence-electron chi connectivity index (χ3n) is 1.63. The molecule has 0 radical (unpaired) electrons. The van der Waals surface area contributed by atoms with Gasteiger partial charge in [-0.05, 0) is 24.1 Å². The first-order chi connectivity index (χ1) is 5.66. The minimum absolute atomic E-state index is 0.348. The molecule has 0 fully saturated rings. The summed E-state index contributed by atoms with van der Waals surface area (Å²) in [6.07, 6.45) is 0.348. The van der Waals surface area contributed by atoms with Gasteiger partial charge in [-0.1, -0.05) is 33.6 Å². The Kier molecular flexibility index (Phi) is 3.13. The summed E-state index contributed by atoms with van der Waals surface area (Å²) in [6, 6.07) is 5.82. The minimum Gasteiger partial charge on any atom is -0.198 e. The summed E-state index contributed by atoms with van der Waals surface area (Å²) < 4.78 is 0.941. The first kappa shape index (κ1) is 9.57. The van der Waals surface area contributed by atoms with Crippen LogP contribution in [0.1, 0.15) is 11.1 Å². The maximum atomic E-state index is 8.53. The standard InChI is InChI=1S/C9H7BrClN/c1-6-2-3-8(11)7(4-5-12)9(6)10/h2-3H,4H2,1H3. The Morgan fingerprint density at radius 2 is 2.25 bits per heavy atom. The average Bonchev–Trinajstić information content (AvgIpc) is 2.06. The van der Waals surface area contributed by atoms with Gasteiger partial charge in [0.05, 0.1) is 12.5 Å². The lowest BCUT2D eigenvalue weighted by Gasteiger charge is -2.05. The van der Waals surface area contributed by atoms with E-state index in [2.05, 4.69) is 22.0 Å². The van der Waals surface area contributed by atoms with Gasteiger partial charge in [-0.25, -0.2) is 0 Å². The fourth-order valence-corrected chi connectivity index (χ4v) is 1.78. The lowest BCUT2D eigenvalue weighted by atomic mass is 10.1. The van der Waals surface area contributed by atoms with E-state index in [1.807, 2.05) is 19.1 Å². The van der Waals surface area contributed by atoms with Crippen molar-refractivity contribution < 1.29 is 0 Å². The van der Waals surface area contributed by atoms with Gasteiger partial charge in [0.1, 0.15) is 0 Å². The highest BCUT2D eigenvalue weighted by Gasteiger charge is 2.06. The molecule has 1 nitrogen and oxygen atoms in total. The molecule has 0 aliphatic carbocycles. The van der Waals surface area contributed by atoms with Crippen LogP contribution in [0.15, 0.2) is 16.6 Å². The number of hydrogen-bond acceptors (Lipinski definition) is 1. The van der Waals surface area contributed by atoms with Gasteiger partial charge in [0.25, 0.3) is 0 Å². The van der Waals surface area contributed by atoms with E-state index in [1.165, 1.54) is 0 Å². The van der Waals surface area contributed by atoms with Crippen LogP contribution >= 0.6 is 27.5 Å². The second kappa shape index (κ2) is 3.93. The number of halogens is 2. The molecular weight excluding hydrogens is 237 g/mol. The zero-order valence-corrected chi connectivity index (χ0v) is 8.91. The Hall–Kier alpha value is -0.520. The first-order valence-electron chi connectivity index (χ1n) is 3.47. The normalized spacial score (nSPS) is 9.50. The molecule has 0 saturated heterocycles. The van der Waals surface area contributed by atoms with Gasteiger partial charge in [0.15, 0.2) is 0 Å². The van der Waals surface area contributed by atoms with Gasteiger partial charge in [-0.15, -0.1) is 0 Å². The smallest absolute Gasteiger partial charge is 0.0670 e.